The van der Waals surface area contributed by atoms with Crippen molar-refractivity contribution in [2.75, 3.05) is 0 Å². The summed E-state index contributed by atoms with van der Waals surface area (Å²) in [6.07, 6.45) is 3.70. The summed E-state index contributed by atoms with van der Waals surface area (Å²) < 4.78 is 9.06. The number of halogens is 1. The van der Waals surface area contributed by atoms with Gasteiger partial charge in [-0.2, -0.15) is 0 Å². The Morgan fingerprint density at radius 1 is 1.29 bits per heavy atom. The Bertz CT molecular complexity index is 476. The maximum atomic E-state index is 5.73. The van der Waals surface area contributed by atoms with Gasteiger partial charge in [0.25, 0.3) is 0 Å². The topological polar surface area (TPSA) is 27.1 Å². The highest BCUT2D eigenvalue weighted by atomic mass is 127. The molecule has 0 radical (unpaired) electrons. The summed E-state index contributed by atoms with van der Waals surface area (Å²) >= 11 is 2.28. The fourth-order valence-electron chi connectivity index (χ4n) is 1.60. The van der Waals surface area contributed by atoms with Crippen LogP contribution in [0, 0.1) is 3.57 Å². The van der Waals surface area contributed by atoms with Crippen molar-refractivity contribution >= 4 is 22.6 Å². The van der Waals surface area contributed by atoms with Gasteiger partial charge in [0.1, 0.15) is 12.4 Å². The standard InChI is InChI=1S/C13H15IN2O/c1-10(2)16-9-15-7-12(16)8-17-13-5-3-11(14)4-6-13/h3-7,9-10H,8H2,1-2H3. The zero-order valence-corrected chi connectivity index (χ0v) is 12.1. The van der Waals surface area contributed by atoms with Crippen LogP contribution in [0.2, 0.25) is 0 Å². The van der Waals surface area contributed by atoms with Gasteiger partial charge in [-0.25, -0.2) is 4.98 Å². The molecule has 0 saturated heterocycles. The highest BCUT2D eigenvalue weighted by molar-refractivity contribution is 14.1. The van der Waals surface area contributed by atoms with E-state index in [-0.39, 0.29) is 0 Å². The van der Waals surface area contributed by atoms with Crippen LogP contribution in [-0.2, 0) is 6.61 Å². The van der Waals surface area contributed by atoms with E-state index in [1.54, 1.807) is 0 Å². The Labute approximate surface area is 115 Å². The molecule has 0 aliphatic heterocycles. The third kappa shape index (κ3) is 3.21. The summed E-state index contributed by atoms with van der Waals surface area (Å²) in [6.45, 7) is 4.82. The van der Waals surface area contributed by atoms with E-state index in [4.69, 9.17) is 4.74 Å². The molecule has 17 heavy (non-hydrogen) atoms. The van der Waals surface area contributed by atoms with Crippen molar-refractivity contribution < 1.29 is 4.74 Å². The van der Waals surface area contributed by atoms with Crippen LogP contribution < -0.4 is 4.74 Å². The maximum absolute atomic E-state index is 5.73. The molecule has 1 heterocycles. The van der Waals surface area contributed by atoms with E-state index in [1.165, 1.54) is 3.57 Å². The second-order valence-corrected chi connectivity index (χ2v) is 5.37. The number of imidazole rings is 1. The molecule has 0 N–H and O–H groups in total. The molecule has 1 aromatic carbocycles. The molecule has 90 valence electrons. The van der Waals surface area contributed by atoms with Crippen molar-refractivity contribution in [1.29, 1.82) is 0 Å². The molecule has 2 rings (SSSR count). The molecule has 0 atom stereocenters. The van der Waals surface area contributed by atoms with Crippen molar-refractivity contribution in [2.24, 2.45) is 0 Å². The summed E-state index contributed by atoms with van der Waals surface area (Å²) in [6, 6.07) is 8.45. The second-order valence-electron chi connectivity index (χ2n) is 4.13. The highest BCUT2D eigenvalue weighted by Gasteiger charge is 2.05. The summed E-state index contributed by atoms with van der Waals surface area (Å²) in [5.41, 5.74) is 1.10. The molecule has 0 fully saturated rings. The van der Waals surface area contributed by atoms with Crippen LogP contribution >= 0.6 is 22.6 Å². The van der Waals surface area contributed by atoms with Crippen LogP contribution in [-0.4, -0.2) is 9.55 Å². The normalized spacial score (nSPS) is 10.8. The van der Waals surface area contributed by atoms with E-state index in [0.717, 1.165) is 11.4 Å². The Morgan fingerprint density at radius 2 is 2.00 bits per heavy atom. The molecular formula is C13H15IN2O. The van der Waals surface area contributed by atoms with Crippen molar-refractivity contribution in [3.63, 3.8) is 0 Å². The predicted molar refractivity (Wildman–Crippen MR) is 76.1 cm³/mol. The van der Waals surface area contributed by atoms with Gasteiger partial charge in [0.15, 0.2) is 0 Å². The van der Waals surface area contributed by atoms with Gasteiger partial charge in [-0.15, -0.1) is 0 Å². The van der Waals surface area contributed by atoms with Gasteiger partial charge in [-0.05, 0) is 60.7 Å². The first-order valence-electron chi connectivity index (χ1n) is 5.56. The monoisotopic (exact) mass is 342 g/mol. The Kier molecular flexibility index (Phi) is 4.04. The van der Waals surface area contributed by atoms with Gasteiger partial charge >= 0.3 is 0 Å². The number of hydrogen-bond acceptors (Lipinski definition) is 2. The van der Waals surface area contributed by atoms with E-state index < -0.39 is 0 Å². The summed E-state index contributed by atoms with van der Waals surface area (Å²) in [5, 5.41) is 0. The quantitative estimate of drug-likeness (QED) is 0.793. The molecule has 0 aliphatic rings. The number of benzene rings is 1. The van der Waals surface area contributed by atoms with Crippen LogP contribution in [0.3, 0.4) is 0 Å². The molecule has 4 heteroatoms. The lowest BCUT2D eigenvalue weighted by Gasteiger charge is -2.12. The molecular weight excluding hydrogens is 327 g/mol. The molecule has 0 aliphatic carbocycles. The predicted octanol–water partition coefficient (Wildman–Crippen LogP) is 3.65. The molecule has 0 spiro atoms. The largest absolute Gasteiger partial charge is 0.487 e. The Balaban J connectivity index is 2.02. The summed E-state index contributed by atoms with van der Waals surface area (Å²) in [4.78, 5) is 4.15. The molecule has 0 bridgehead atoms. The van der Waals surface area contributed by atoms with E-state index in [1.807, 2.05) is 36.8 Å². The zero-order valence-electron chi connectivity index (χ0n) is 9.93. The number of hydrogen-bond donors (Lipinski definition) is 0. The van der Waals surface area contributed by atoms with Gasteiger partial charge in [0.2, 0.25) is 0 Å². The van der Waals surface area contributed by atoms with Crippen molar-refractivity contribution in [2.45, 2.75) is 26.5 Å². The number of ether oxygens (including phenoxy) is 1. The molecule has 1 aromatic heterocycles. The first-order valence-corrected chi connectivity index (χ1v) is 6.64. The lowest BCUT2D eigenvalue weighted by molar-refractivity contribution is 0.292. The van der Waals surface area contributed by atoms with Gasteiger partial charge in [0.05, 0.1) is 18.2 Å². The highest BCUT2D eigenvalue weighted by Crippen LogP contribution is 2.16. The summed E-state index contributed by atoms with van der Waals surface area (Å²) in [5.74, 6) is 0.891. The average molecular weight is 342 g/mol. The fraction of sp³-hybridized carbons (Fsp3) is 0.308. The van der Waals surface area contributed by atoms with Crippen LogP contribution in [0.25, 0.3) is 0 Å². The molecule has 2 aromatic rings. The van der Waals surface area contributed by atoms with E-state index in [2.05, 4.69) is 46.0 Å². The fourth-order valence-corrected chi connectivity index (χ4v) is 1.96. The van der Waals surface area contributed by atoms with E-state index in [9.17, 15) is 0 Å². The minimum absolute atomic E-state index is 0.410. The van der Waals surface area contributed by atoms with Gasteiger partial charge < -0.3 is 9.30 Å². The van der Waals surface area contributed by atoms with Crippen molar-refractivity contribution in [3.8, 4) is 5.75 Å². The van der Waals surface area contributed by atoms with Crippen LogP contribution in [0.5, 0.6) is 5.75 Å². The van der Waals surface area contributed by atoms with E-state index in [0.29, 0.717) is 12.6 Å². The van der Waals surface area contributed by atoms with Crippen LogP contribution in [0.15, 0.2) is 36.8 Å². The Morgan fingerprint density at radius 3 is 2.65 bits per heavy atom. The summed E-state index contributed by atoms with van der Waals surface area (Å²) in [7, 11) is 0. The first kappa shape index (κ1) is 12.4. The maximum Gasteiger partial charge on any atom is 0.130 e. The van der Waals surface area contributed by atoms with Crippen molar-refractivity contribution in [1.82, 2.24) is 9.55 Å². The average Bonchev–Trinajstić information content (AvgIpc) is 2.76. The third-order valence-electron chi connectivity index (χ3n) is 2.50. The lowest BCUT2D eigenvalue weighted by Crippen LogP contribution is -2.07. The number of aromatic nitrogens is 2. The first-order chi connectivity index (χ1) is 8.16. The lowest BCUT2D eigenvalue weighted by atomic mass is 10.3. The smallest absolute Gasteiger partial charge is 0.130 e. The second kappa shape index (κ2) is 5.53. The van der Waals surface area contributed by atoms with Gasteiger partial charge in [-0.1, -0.05) is 0 Å². The molecule has 0 unspecified atom stereocenters. The SMILES string of the molecule is CC(C)n1cncc1COc1ccc(I)cc1. The van der Waals surface area contributed by atoms with Crippen molar-refractivity contribution in [3.05, 3.63) is 46.1 Å². The van der Waals surface area contributed by atoms with Gasteiger partial charge in [0, 0.05) is 9.61 Å². The third-order valence-corrected chi connectivity index (χ3v) is 3.22. The molecule has 0 amide bonds. The number of rotatable bonds is 4. The van der Waals surface area contributed by atoms with Crippen LogP contribution in [0.4, 0.5) is 0 Å². The molecule has 3 nitrogen and oxygen atoms in total. The minimum atomic E-state index is 0.410. The van der Waals surface area contributed by atoms with Gasteiger partial charge in [-0.3, -0.25) is 0 Å². The van der Waals surface area contributed by atoms with E-state index >= 15 is 0 Å². The Hall–Kier alpha value is -1.04. The number of nitrogens with zero attached hydrogens (tertiary/aromatic N) is 2. The molecule has 0 saturated carbocycles. The zero-order chi connectivity index (χ0) is 12.3. The minimum Gasteiger partial charge on any atom is -0.487 e. The van der Waals surface area contributed by atoms with Crippen LogP contribution in [0.1, 0.15) is 25.6 Å².